The first-order chi connectivity index (χ1) is 5.20. The van der Waals surface area contributed by atoms with E-state index in [0.29, 0.717) is 0 Å². The van der Waals surface area contributed by atoms with Crippen LogP contribution in [-0.2, 0) is 0 Å². The summed E-state index contributed by atoms with van der Waals surface area (Å²) in [7, 11) is 0. The number of hydrogen-bond acceptors (Lipinski definition) is 0. The highest BCUT2D eigenvalue weighted by molar-refractivity contribution is 4.54. The van der Waals surface area contributed by atoms with Crippen LogP contribution in [0.25, 0.3) is 0 Å². The van der Waals surface area contributed by atoms with Crippen molar-refractivity contribution >= 4 is 0 Å². The Hall–Kier alpha value is 0. The molecule has 68 valence electrons. The normalized spacial score (nSPS) is 16.4. The summed E-state index contributed by atoms with van der Waals surface area (Å²) < 4.78 is 0. The maximum atomic E-state index is 2.36. The van der Waals surface area contributed by atoms with E-state index >= 15 is 0 Å². The summed E-state index contributed by atoms with van der Waals surface area (Å²) in [4.78, 5) is 0. The van der Waals surface area contributed by atoms with Gasteiger partial charge in [-0.25, -0.2) is 0 Å². The fourth-order valence-electron chi connectivity index (χ4n) is 1.22. The van der Waals surface area contributed by atoms with Gasteiger partial charge in [0.05, 0.1) is 0 Å². The van der Waals surface area contributed by atoms with E-state index in [1.807, 2.05) is 0 Å². The summed E-state index contributed by atoms with van der Waals surface area (Å²) in [5.41, 5.74) is 0. The molecule has 0 aromatic rings. The zero-order chi connectivity index (χ0) is 8.69. The van der Waals surface area contributed by atoms with Crippen molar-refractivity contribution < 1.29 is 0 Å². The minimum atomic E-state index is 0.944. The Balaban J connectivity index is 3.13. The van der Waals surface area contributed by atoms with Crippen molar-refractivity contribution in [3.8, 4) is 0 Å². The molecule has 11 heavy (non-hydrogen) atoms. The van der Waals surface area contributed by atoms with Gasteiger partial charge in [-0.15, -0.1) is 0 Å². The first-order valence-electron chi connectivity index (χ1n) is 5.20. The molecule has 0 aromatic carbocycles. The third-order valence-corrected chi connectivity index (χ3v) is 2.79. The molecule has 0 saturated carbocycles. The van der Waals surface area contributed by atoms with Crippen LogP contribution in [0.15, 0.2) is 0 Å². The first kappa shape index (κ1) is 11.0. The molecule has 0 spiro atoms. The summed E-state index contributed by atoms with van der Waals surface area (Å²) >= 11 is 0. The van der Waals surface area contributed by atoms with Crippen molar-refractivity contribution in [2.75, 3.05) is 0 Å². The third kappa shape index (κ3) is 6.40. The van der Waals surface area contributed by atoms with Gasteiger partial charge in [-0.05, 0) is 11.8 Å². The molecular weight excluding hydrogens is 132 g/mol. The van der Waals surface area contributed by atoms with Gasteiger partial charge in [0, 0.05) is 0 Å². The van der Waals surface area contributed by atoms with Crippen molar-refractivity contribution in [2.24, 2.45) is 11.8 Å². The minimum Gasteiger partial charge on any atom is -0.0651 e. The number of rotatable bonds is 6. The van der Waals surface area contributed by atoms with Crippen LogP contribution < -0.4 is 0 Å². The lowest BCUT2D eigenvalue weighted by atomic mass is 9.96. The smallest absolute Gasteiger partial charge is 0.0445 e. The second-order valence-corrected chi connectivity index (χ2v) is 3.96. The van der Waals surface area contributed by atoms with E-state index in [4.69, 9.17) is 0 Å². The Morgan fingerprint density at radius 3 is 1.45 bits per heavy atom. The lowest BCUT2D eigenvalue weighted by Gasteiger charge is -2.10. The monoisotopic (exact) mass is 156 g/mol. The van der Waals surface area contributed by atoms with Gasteiger partial charge in [0.25, 0.3) is 0 Å². The van der Waals surface area contributed by atoms with Crippen LogP contribution in [-0.4, -0.2) is 0 Å². The maximum Gasteiger partial charge on any atom is -0.0445 e. The predicted octanol–water partition coefficient (Wildman–Crippen LogP) is 4.25. The molecule has 0 aliphatic rings. The van der Waals surface area contributed by atoms with E-state index in [1.54, 1.807) is 0 Å². The molecule has 0 aliphatic heterocycles. The number of hydrogen-bond donors (Lipinski definition) is 0. The van der Waals surface area contributed by atoms with E-state index in [1.165, 1.54) is 32.1 Å². The standard InChI is InChI=1S/C11H24/c1-5-10(3)8-7-9-11(4)6-2/h10-11H,5-9H2,1-4H3/t10-,11+. The zero-order valence-electron chi connectivity index (χ0n) is 8.69. The van der Waals surface area contributed by atoms with Crippen molar-refractivity contribution in [3.63, 3.8) is 0 Å². The summed E-state index contributed by atoms with van der Waals surface area (Å²) in [5, 5.41) is 0. The van der Waals surface area contributed by atoms with Gasteiger partial charge in [0.15, 0.2) is 0 Å². The van der Waals surface area contributed by atoms with Crippen molar-refractivity contribution in [1.82, 2.24) is 0 Å². The SMILES string of the molecule is CC[C@@H](C)CCC[C@@H](C)CC. The Morgan fingerprint density at radius 1 is 0.818 bits per heavy atom. The fraction of sp³-hybridized carbons (Fsp3) is 1.00. The quantitative estimate of drug-likeness (QED) is 0.539. The maximum absolute atomic E-state index is 2.36. The van der Waals surface area contributed by atoms with Crippen LogP contribution in [0.4, 0.5) is 0 Å². The molecule has 0 unspecified atom stereocenters. The highest BCUT2D eigenvalue weighted by Gasteiger charge is 2.01. The molecule has 0 nitrogen and oxygen atoms in total. The Bertz CT molecular complexity index is 66.1. The Morgan fingerprint density at radius 2 is 1.18 bits per heavy atom. The molecule has 0 amide bonds. The van der Waals surface area contributed by atoms with E-state index < -0.39 is 0 Å². The molecule has 0 fully saturated rings. The molecule has 2 atom stereocenters. The highest BCUT2D eigenvalue weighted by atomic mass is 14.1. The molecule has 0 N–H and O–H groups in total. The molecule has 0 saturated heterocycles. The third-order valence-electron chi connectivity index (χ3n) is 2.79. The Kier molecular flexibility index (Phi) is 6.69. The topological polar surface area (TPSA) is 0 Å². The average Bonchev–Trinajstić information content (AvgIpc) is 2.04. The highest BCUT2D eigenvalue weighted by Crippen LogP contribution is 2.16. The average molecular weight is 156 g/mol. The van der Waals surface area contributed by atoms with Crippen LogP contribution in [0.2, 0.25) is 0 Å². The van der Waals surface area contributed by atoms with Crippen LogP contribution in [0, 0.1) is 11.8 Å². The summed E-state index contributed by atoms with van der Waals surface area (Å²) in [6, 6.07) is 0. The second-order valence-electron chi connectivity index (χ2n) is 3.96. The van der Waals surface area contributed by atoms with E-state index in [2.05, 4.69) is 27.7 Å². The Labute approximate surface area is 72.4 Å². The molecular formula is C11H24. The van der Waals surface area contributed by atoms with Crippen molar-refractivity contribution in [3.05, 3.63) is 0 Å². The zero-order valence-corrected chi connectivity index (χ0v) is 8.69. The van der Waals surface area contributed by atoms with Crippen molar-refractivity contribution in [1.29, 1.82) is 0 Å². The molecule has 0 radical (unpaired) electrons. The van der Waals surface area contributed by atoms with Crippen molar-refractivity contribution in [2.45, 2.75) is 59.8 Å². The summed E-state index contributed by atoms with van der Waals surface area (Å²) in [5.74, 6) is 1.89. The van der Waals surface area contributed by atoms with Gasteiger partial charge in [0.1, 0.15) is 0 Å². The molecule has 0 aliphatic carbocycles. The van der Waals surface area contributed by atoms with Gasteiger partial charge in [-0.1, -0.05) is 59.8 Å². The lowest BCUT2D eigenvalue weighted by Crippen LogP contribution is -1.96. The molecule has 0 heterocycles. The van der Waals surface area contributed by atoms with Gasteiger partial charge in [-0.3, -0.25) is 0 Å². The predicted molar refractivity (Wildman–Crippen MR) is 52.8 cm³/mol. The molecule has 0 aromatic heterocycles. The molecule has 0 rings (SSSR count). The summed E-state index contributed by atoms with van der Waals surface area (Å²) in [6.07, 6.45) is 6.99. The van der Waals surface area contributed by atoms with E-state index in [0.717, 1.165) is 11.8 Å². The van der Waals surface area contributed by atoms with Crippen LogP contribution in [0.5, 0.6) is 0 Å². The van der Waals surface area contributed by atoms with E-state index in [-0.39, 0.29) is 0 Å². The van der Waals surface area contributed by atoms with Crippen LogP contribution in [0.1, 0.15) is 59.8 Å². The molecule has 0 heteroatoms. The first-order valence-corrected chi connectivity index (χ1v) is 5.20. The minimum absolute atomic E-state index is 0.944. The lowest BCUT2D eigenvalue weighted by molar-refractivity contribution is 0.428. The van der Waals surface area contributed by atoms with Gasteiger partial charge in [0.2, 0.25) is 0 Å². The second kappa shape index (κ2) is 6.69. The van der Waals surface area contributed by atoms with Gasteiger partial charge >= 0.3 is 0 Å². The molecule has 0 bridgehead atoms. The van der Waals surface area contributed by atoms with Crippen LogP contribution >= 0.6 is 0 Å². The van der Waals surface area contributed by atoms with E-state index in [9.17, 15) is 0 Å². The van der Waals surface area contributed by atoms with Gasteiger partial charge < -0.3 is 0 Å². The van der Waals surface area contributed by atoms with Crippen LogP contribution in [0.3, 0.4) is 0 Å². The summed E-state index contributed by atoms with van der Waals surface area (Å²) in [6.45, 7) is 9.29. The van der Waals surface area contributed by atoms with Gasteiger partial charge in [-0.2, -0.15) is 0 Å². The largest absolute Gasteiger partial charge is 0.0651 e. The fourth-order valence-corrected chi connectivity index (χ4v) is 1.22.